The summed E-state index contributed by atoms with van der Waals surface area (Å²) < 4.78 is 5.49. The van der Waals surface area contributed by atoms with E-state index in [1.165, 1.54) is 32.1 Å². The highest BCUT2D eigenvalue weighted by molar-refractivity contribution is 4.96. The van der Waals surface area contributed by atoms with Crippen LogP contribution < -0.4 is 5.32 Å². The number of rotatable bonds is 1. The van der Waals surface area contributed by atoms with E-state index in [0.717, 1.165) is 37.1 Å². The molecule has 0 saturated carbocycles. The first-order valence-electron chi connectivity index (χ1n) is 5.77. The second-order valence-electron chi connectivity index (χ2n) is 4.91. The molecule has 0 aromatic carbocycles. The maximum Gasteiger partial charge on any atom is 0.0498 e. The number of fused-ring (bicyclic) bond motifs is 2. The molecule has 0 aromatic rings. The molecule has 2 heteroatoms. The van der Waals surface area contributed by atoms with E-state index >= 15 is 0 Å². The average molecular weight is 181 g/mol. The van der Waals surface area contributed by atoms with Crippen molar-refractivity contribution < 1.29 is 4.74 Å². The van der Waals surface area contributed by atoms with Crippen molar-refractivity contribution in [2.24, 2.45) is 11.8 Å². The molecule has 74 valence electrons. The highest BCUT2D eigenvalue weighted by Gasteiger charge is 2.39. The maximum absolute atomic E-state index is 5.49. The Morgan fingerprint density at radius 1 is 1.00 bits per heavy atom. The Balaban J connectivity index is 1.69. The largest absolute Gasteiger partial charge is 0.381 e. The van der Waals surface area contributed by atoms with Crippen LogP contribution in [0.3, 0.4) is 0 Å². The molecular formula is C11H19NO. The minimum atomic E-state index is 0.838. The zero-order valence-corrected chi connectivity index (χ0v) is 8.17. The Morgan fingerprint density at radius 2 is 1.92 bits per heavy atom. The first-order valence-corrected chi connectivity index (χ1v) is 5.77. The molecule has 13 heavy (non-hydrogen) atoms. The van der Waals surface area contributed by atoms with Gasteiger partial charge in [0, 0.05) is 25.3 Å². The van der Waals surface area contributed by atoms with Gasteiger partial charge in [-0.1, -0.05) is 0 Å². The van der Waals surface area contributed by atoms with Crippen molar-refractivity contribution in [3.8, 4) is 0 Å². The summed E-state index contributed by atoms with van der Waals surface area (Å²) in [6.07, 6.45) is 7.03. The summed E-state index contributed by atoms with van der Waals surface area (Å²) in [6, 6.07) is 1.70. The third-order valence-corrected chi connectivity index (χ3v) is 4.21. The van der Waals surface area contributed by atoms with Crippen molar-refractivity contribution in [1.29, 1.82) is 0 Å². The lowest BCUT2D eigenvalue weighted by atomic mass is 9.81. The highest BCUT2D eigenvalue weighted by Crippen LogP contribution is 2.38. The van der Waals surface area contributed by atoms with Gasteiger partial charge >= 0.3 is 0 Å². The van der Waals surface area contributed by atoms with Gasteiger partial charge in [0.1, 0.15) is 0 Å². The van der Waals surface area contributed by atoms with Gasteiger partial charge in [-0.25, -0.2) is 0 Å². The zero-order valence-electron chi connectivity index (χ0n) is 8.17. The molecule has 0 amide bonds. The van der Waals surface area contributed by atoms with Crippen LogP contribution in [0.4, 0.5) is 0 Å². The van der Waals surface area contributed by atoms with Gasteiger partial charge in [-0.3, -0.25) is 0 Å². The van der Waals surface area contributed by atoms with E-state index in [2.05, 4.69) is 5.32 Å². The molecule has 2 bridgehead atoms. The van der Waals surface area contributed by atoms with E-state index in [9.17, 15) is 0 Å². The molecule has 3 heterocycles. The summed E-state index contributed by atoms with van der Waals surface area (Å²) in [7, 11) is 0. The Bertz CT molecular complexity index is 187. The molecule has 0 spiro atoms. The van der Waals surface area contributed by atoms with Crippen molar-refractivity contribution in [1.82, 2.24) is 5.32 Å². The molecule has 0 aromatic heterocycles. The fourth-order valence-corrected chi connectivity index (χ4v) is 3.46. The van der Waals surface area contributed by atoms with Crippen molar-refractivity contribution in [2.75, 3.05) is 13.2 Å². The predicted octanol–water partition coefficient (Wildman–Crippen LogP) is 1.55. The third kappa shape index (κ3) is 1.40. The normalized spacial score (nSPS) is 49.8. The molecule has 1 N–H and O–H groups in total. The first-order chi connectivity index (χ1) is 6.43. The van der Waals surface area contributed by atoms with E-state index in [-0.39, 0.29) is 0 Å². The number of hydrogen-bond acceptors (Lipinski definition) is 2. The Morgan fingerprint density at radius 3 is 2.77 bits per heavy atom. The van der Waals surface area contributed by atoms with Crippen LogP contribution in [0.1, 0.15) is 32.1 Å². The van der Waals surface area contributed by atoms with Crippen LogP contribution >= 0.6 is 0 Å². The fourth-order valence-electron chi connectivity index (χ4n) is 3.46. The smallest absolute Gasteiger partial charge is 0.0498 e. The van der Waals surface area contributed by atoms with Crippen LogP contribution in [0.2, 0.25) is 0 Å². The SMILES string of the molecule is C1CC(C2CCC3CCC2N3)CO1. The third-order valence-electron chi connectivity index (χ3n) is 4.21. The summed E-state index contributed by atoms with van der Waals surface area (Å²) in [6.45, 7) is 2.05. The van der Waals surface area contributed by atoms with Gasteiger partial charge in [-0.15, -0.1) is 0 Å². The van der Waals surface area contributed by atoms with Crippen LogP contribution in [0.5, 0.6) is 0 Å². The molecule has 3 fully saturated rings. The van der Waals surface area contributed by atoms with Crippen LogP contribution in [0.15, 0.2) is 0 Å². The summed E-state index contributed by atoms with van der Waals surface area (Å²) in [5, 5.41) is 3.76. The lowest BCUT2D eigenvalue weighted by molar-refractivity contribution is 0.148. The number of ether oxygens (including phenoxy) is 1. The molecule has 0 aliphatic carbocycles. The van der Waals surface area contributed by atoms with E-state index < -0.39 is 0 Å². The molecule has 3 saturated heterocycles. The number of nitrogens with one attached hydrogen (secondary N) is 1. The van der Waals surface area contributed by atoms with E-state index in [1.807, 2.05) is 0 Å². The van der Waals surface area contributed by atoms with Gasteiger partial charge in [-0.2, -0.15) is 0 Å². The minimum Gasteiger partial charge on any atom is -0.381 e. The lowest BCUT2D eigenvalue weighted by Crippen LogP contribution is -2.43. The van der Waals surface area contributed by atoms with Crippen molar-refractivity contribution in [2.45, 2.75) is 44.2 Å². The molecule has 2 nitrogen and oxygen atoms in total. The summed E-state index contributed by atoms with van der Waals surface area (Å²) in [5.74, 6) is 1.80. The second-order valence-corrected chi connectivity index (χ2v) is 4.91. The van der Waals surface area contributed by atoms with Gasteiger partial charge in [-0.05, 0) is 43.9 Å². The van der Waals surface area contributed by atoms with E-state index in [1.54, 1.807) is 0 Å². The zero-order chi connectivity index (χ0) is 8.67. The quantitative estimate of drug-likeness (QED) is 0.662. The van der Waals surface area contributed by atoms with Crippen molar-refractivity contribution >= 4 is 0 Å². The lowest BCUT2D eigenvalue weighted by Gasteiger charge is -2.33. The topological polar surface area (TPSA) is 21.3 Å². The van der Waals surface area contributed by atoms with Gasteiger partial charge < -0.3 is 10.1 Å². The summed E-state index contributed by atoms with van der Waals surface area (Å²) >= 11 is 0. The van der Waals surface area contributed by atoms with Crippen molar-refractivity contribution in [3.63, 3.8) is 0 Å². The average Bonchev–Trinajstić information content (AvgIpc) is 2.77. The first kappa shape index (κ1) is 8.25. The molecule has 3 aliphatic rings. The molecule has 4 atom stereocenters. The monoisotopic (exact) mass is 181 g/mol. The predicted molar refractivity (Wildman–Crippen MR) is 51.6 cm³/mol. The van der Waals surface area contributed by atoms with E-state index in [4.69, 9.17) is 4.74 Å². The summed E-state index contributed by atoms with van der Waals surface area (Å²) in [4.78, 5) is 0. The number of piperidine rings is 1. The maximum atomic E-state index is 5.49. The fraction of sp³-hybridized carbons (Fsp3) is 1.00. The highest BCUT2D eigenvalue weighted by atomic mass is 16.5. The van der Waals surface area contributed by atoms with Crippen LogP contribution in [-0.4, -0.2) is 25.3 Å². The minimum absolute atomic E-state index is 0.838. The standard InChI is InChI=1S/C11H19NO/c1-3-10(8-5-6-13-7-8)11-4-2-9(1)12-11/h8-12H,1-7H2. The second kappa shape index (κ2) is 3.25. The Kier molecular flexibility index (Phi) is 2.06. The van der Waals surface area contributed by atoms with Gasteiger partial charge in [0.15, 0.2) is 0 Å². The molecule has 3 rings (SSSR count). The Labute approximate surface area is 80.0 Å². The van der Waals surface area contributed by atoms with Gasteiger partial charge in [0.05, 0.1) is 0 Å². The molecule has 4 unspecified atom stereocenters. The van der Waals surface area contributed by atoms with E-state index in [0.29, 0.717) is 0 Å². The molecular weight excluding hydrogens is 162 g/mol. The summed E-state index contributed by atoms with van der Waals surface area (Å²) in [5.41, 5.74) is 0. The molecule has 3 aliphatic heterocycles. The van der Waals surface area contributed by atoms with Gasteiger partial charge in [0.2, 0.25) is 0 Å². The molecule has 0 radical (unpaired) electrons. The van der Waals surface area contributed by atoms with Crippen LogP contribution in [-0.2, 0) is 4.74 Å². The van der Waals surface area contributed by atoms with Crippen LogP contribution in [0.25, 0.3) is 0 Å². The number of hydrogen-bond donors (Lipinski definition) is 1. The Hall–Kier alpha value is -0.0800. The van der Waals surface area contributed by atoms with Gasteiger partial charge in [0.25, 0.3) is 0 Å². The van der Waals surface area contributed by atoms with Crippen molar-refractivity contribution in [3.05, 3.63) is 0 Å². The van der Waals surface area contributed by atoms with Crippen LogP contribution in [0, 0.1) is 11.8 Å².